The normalized spacial score (nSPS) is 20.9. The average molecular weight is 304 g/mol. The van der Waals surface area contributed by atoms with Crippen molar-refractivity contribution in [3.63, 3.8) is 0 Å². The predicted molar refractivity (Wildman–Crippen MR) is 76.3 cm³/mol. The molecule has 1 saturated heterocycles. The molecule has 1 unspecified atom stereocenters. The van der Waals surface area contributed by atoms with E-state index in [2.05, 4.69) is 0 Å². The molecule has 0 aliphatic carbocycles. The number of sulfone groups is 1. The molecule has 1 aliphatic rings. The van der Waals surface area contributed by atoms with E-state index in [4.69, 9.17) is 22.1 Å². The van der Waals surface area contributed by atoms with Crippen molar-refractivity contribution < 1.29 is 13.2 Å². The van der Waals surface area contributed by atoms with Gasteiger partial charge in [-0.25, -0.2) is 8.42 Å². The Labute approximate surface area is 118 Å². The first-order chi connectivity index (χ1) is 8.96. The molecule has 4 nitrogen and oxygen atoms in total. The van der Waals surface area contributed by atoms with Crippen molar-refractivity contribution in [1.29, 1.82) is 0 Å². The van der Waals surface area contributed by atoms with Crippen molar-refractivity contribution >= 4 is 21.4 Å². The molecular formula is C13H18ClNO3S. The highest BCUT2D eigenvalue weighted by Gasteiger charge is 2.27. The zero-order valence-corrected chi connectivity index (χ0v) is 12.2. The lowest BCUT2D eigenvalue weighted by molar-refractivity contribution is 0.237. The SMILES string of the molecule is NC(COc1ccc(Cl)cc1)C1CCS(=O)(=O)CC1. The Hall–Kier alpha value is -0.780. The summed E-state index contributed by atoms with van der Waals surface area (Å²) >= 11 is 5.79. The van der Waals surface area contributed by atoms with Crippen LogP contribution in [0.2, 0.25) is 5.02 Å². The smallest absolute Gasteiger partial charge is 0.150 e. The number of nitrogens with two attached hydrogens (primary N) is 1. The van der Waals surface area contributed by atoms with Crippen LogP contribution in [0, 0.1) is 5.92 Å². The number of hydrogen-bond acceptors (Lipinski definition) is 4. The average Bonchev–Trinajstić information content (AvgIpc) is 2.37. The van der Waals surface area contributed by atoms with E-state index in [9.17, 15) is 8.42 Å². The highest BCUT2D eigenvalue weighted by molar-refractivity contribution is 7.91. The van der Waals surface area contributed by atoms with E-state index < -0.39 is 9.84 Å². The minimum absolute atomic E-state index is 0.133. The summed E-state index contributed by atoms with van der Waals surface area (Å²) in [5.74, 6) is 1.43. The summed E-state index contributed by atoms with van der Waals surface area (Å²) in [5, 5.41) is 0.661. The molecule has 0 radical (unpaired) electrons. The Morgan fingerprint density at radius 1 is 1.26 bits per heavy atom. The summed E-state index contributed by atoms with van der Waals surface area (Å²) in [7, 11) is -2.83. The van der Waals surface area contributed by atoms with Gasteiger partial charge in [0.2, 0.25) is 0 Å². The topological polar surface area (TPSA) is 69.4 Å². The lowest BCUT2D eigenvalue weighted by Gasteiger charge is -2.27. The van der Waals surface area contributed by atoms with Gasteiger partial charge in [-0.1, -0.05) is 11.6 Å². The standard InChI is InChI=1S/C13H18ClNO3S/c14-11-1-3-12(4-2-11)18-9-13(15)10-5-7-19(16,17)8-6-10/h1-4,10,13H,5-9,15H2. The van der Waals surface area contributed by atoms with E-state index in [1.54, 1.807) is 24.3 Å². The molecule has 19 heavy (non-hydrogen) atoms. The molecule has 0 amide bonds. The molecule has 2 N–H and O–H groups in total. The molecule has 106 valence electrons. The van der Waals surface area contributed by atoms with E-state index in [1.807, 2.05) is 0 Å². The van der Waals surface area contributed by atoms with Crippen molar-refractivity contribution in [3.8, 4) is 5.75 Å². The molecule has 0 bridgehead atoms. The molecular weight excluding hydrogens is 286 g/mol. The van der Waals surface area contributed by atoms with Crippen LogP contribution in [-0.4, -0.2) is 32.6 Å². The number of hydrogen-bond donors (Lipinski definition) is 1. The fraction of sp³-hybridized carbons (Fsp3) is 0.538. The van der Waals surface area contributed by atoms with Crippen LogP contribution < -0.4 is 10.5 Å². The van der Waals surface area contributed by atoms with Crippen molar-refractivity contribution in [3.05, 3.63) is 29.3 Å². The third kappa shape index (κ3) is 4.37. The van der Waals surface area contributed by atoms with E-state index in [-0.39, 0.29) is 23.5 Å². The summed E-state index contributed by atoms with van der Waals surface area (Å²) in [4.78, 5) is 0. The van der Waals surface area contributed by atoms with Crippen molar-refractivity contribution in [1.82, 2.24) is 0 Å². The fourth-order valence-electron chi connectivity index (χ4n) is 2.20. The quantitative estimate of drug-likeness (QED) is 0.922. The molecule has 1 aromatic rings. The lowest BCUT2D eigenvalue weighted by atomic mass is 9.95. The van der Waals surface area contributed by atoms with Gasteiger partial charge in [0.1, 0.15) is 22.2 Å². The van der Waals surface area contributed by atoms with Gasteiger partial charge >= 0.3 is 0 Å². The minimum Gasteiger partial charge on any atom is -0.492 e. The van der Waals surface area contributed by atoms with Gasteiger partial charge in [0.25, 0.3) is 0 Å². The van der Waals surface area contributed by atoms with Gasteiger partial charge < -0.3 is 10.5 Å². The summed E-state index contributed by atoms with van der Waals surface area (Å²) < 4.78 is 28.3. The molecule has 0 aromatic heterocycles. The Morgan fingerprint density at radius 3 is 2.42 bits per heavy atom. The number of ether oxygens (including phenoxy) is 1. The van der Waals surface area contributed by atoms with Crippen LogP contribution in [0.5, 0.6) is 5.75 Å². The van der Waals surface area contributed by atoms with Crippen LogP contribution in [0.25, 0.3) is 0 Å². The van der Waals surface area contributed by atoms with Gasteiger partial charge in [-0.15, -0.1) is 0 Å². The third-order valence-corrected chi connectivity index (χ3v) is 5.43. The molecule has 6 heteroatoms. The molecule has 1 heterocycles. The Balaban J connectivity index is 1.81. The van der Waals surface area contributed by atoms with Crippen LogP contribution in [0.15, 0.2) is 24.3 Å². The zero-order chi connectivity index (χ0) is 13.9. The van der Waals surface area contributed by atoms with Crippen LogP contribution in [0.4, 0.5) is 0 Å². The molecule has 0 spiro atoms. The first-order valence-electron chi connectivity index (χ1n) is 6.31. The molecule has 1 aromatic carbocycles. The first kappa shape index (κ1) is 14.6. The zero-order valence-electron chi connectivity index (χ0n) is 10.6. The van der Waals surface area contributed by atoms with Gasteiger partial charge in [0, 0.05) is 11.1 Å². The molecule has 0 saturated carbocycles. The van der Waals surface area contributed by atoms with E-state index >= 15 is 0 Å². The van der Waals surface area contributed by atoms with Gasteiger partial charge in [0.05, 0.1) is 11.5 Å². The van der Waals surface area contributed by atoms with E-state index in [1.165, 1.54) is 0 Å². The maximum Gasteiger partial charge on any atom is 0.150 e. The third-order valence-electron chi connectivity index (χ3n) is 3.46. The molecule has 1 atom stereocenters. The largest absolute Gasteiger partial charge is 0.492 e. The van der Waals surface area contributed by atoms with Crippen LogP contribution >= 0.6 is 11.6 Å². The second kappa shape index (κ2) is 6.11. The van der Waals surface area contributed by atoms with Crippen molar-refractivity contribution in [2.45, 2.75) is 18.9 Å². The Kier molecular flexibility index (Phi) is 4.71. The number of halogens is 1. The van der Waals surface area contributed by atoms with Gasteiger partial charge in [-0.3, -0.25) is 0 Å². The Bertz CT molecular complexity index is 501. The Morgan fingerprint density at radius 2 is 1.84 bits per heavy atom. The second-order valence-corrected chi connectivity index (χ2v) is 7.66. The van der Waals surface area contributed by atoms with E-state index in [0.29, 0.717) is 24.5 Å². The minimum atomic E-state index is -2.83. The van der Waals surface area contributed by atoms with Crippen molar-refractivity contribution in [2.75, 3.05) is 18.1 Å². The fourth-order valence-corrected chi connectivity index (χ4v) is 3.85. The monoisotopic (exact) mass is 303 g/mol. The highest BCUT2D eigenvalue weighted by atomic mass is 35.5. The first-order valence-corrected chi connectivity index (χ1v) is 8.50. The molecule has 1 aliphatic heterocycles. The van der Waals surface area contributed by atoms with E-state index in [0.717, 1.165) is 5.75 Å². The van der Waals surface area contributed by atoms with Crippen LogP contribution in [0.3, 0.4) is 0 Å². The summed E-state index contributed by atoms with van der Waals surface area (Å²) in [6.07, 6.45) is 1.26. The van der Waals surface area contributed by atoms with Crippen LogP contribution in [-0.2, 0) is 9.84 Å². The summed E-state index contributed by atoms with van der Waals surface area (Å²) in [5.41, 5.74) is 6.07. The van der Waals surface area contributed by atoms with Gasteiger partial charge in [-0.2, -0.15) is 0 Å². The highest BCUT2D eigenvalue weighted by Crippen LogP contribution is 2.22. The maximum atomic E-state index is 11.3. The predicted octanol–water partition coefficient (Wildman–Crippen LogP) is 1.87. The van der Waals surface area contributed by atoms with Gasteiger partial charge in [-0.05, 0) is 43.0 Å². The summed E-state index contributed by atoms with van der Waals surface area (Å²) in [6.45, 7) is 0.395. The van der Waals surface area contributed by atoms with Gasteiger partial charge in [0.15, 0.2) is 0 Å². The lowest BCUT2D eigenvalue weighted by Crippen LogP contribution is -2.40. The maximum absolute atomic E-state index is 11.3. The molecule has 1 fully saturated rings. The van der Waals surface area contributed by atoms with Crippen LogP contribution in [0.1, 0.15) is 12.8 Å². The number of benzene rings is 1. The molecule has 2 rings (SSSR count). The second-order valence-electron chi connectivity index (χ2n) is 4.92. The van der Waals surface area contributed by atoms with Crippen molar-refractivity contribution in [2.24, 2.45) is 11.7 Å². The number of rotatable bonds is 4. The summed E-state index contributed by atoms with van der Waals surface area (Å²) in [6, 6.07) is 6.97.